The van der Waals surface area contributed by atoms with Gasteiger partial charge >= 0.3 is 0 Å². The smallest absolute Gasteiger partial charge is 0.253 e. The highest BCUT2D eigenvalue weighted by molar-refractivity contribution is 5.82. The fraction of sp³-hybridized carbons (Fsp3) is 0.836. The van der Waals surface area contributed by atoms with Crippen LogP contribution in [0, 0.1) is 32.5 Å². The van der Waals surface area contributed by atoms with Gasteiger partial charge in [0.15, 0.2) is 0 Å². The van der Waals surface area contributed by atoms with Crippen LogP contribution in [0.3, 0.4) is 0 Å². The monoisotopic (exact) mass is 1020 g/mol. The van der Waals surface area contributed by atoms with Crippen LogP contribution in [0.25, 0.3) is 0 Å². The topological polar surface area (TPSA) is 151 Å². The number of nitrogens with one attached hydrogen (secondary N) is 4. The highest BCUT2D eigenvalue weighted by Gasteiger charge is 2.29. The molecule has 4 N–H and O–H groups in total. The van der Waals surface area contributed by atoms with E-state index in [9.17, 15) is 24.0 Å². The lowest BCUT2D eigenvalue weighted by Crippen LogP contribution is -2.46. The lowest BCUT2D eigenvalue weighted by Gasteiger charge is -2.28. The lowest BCUT2D eigenvalue weighted by molar-refractivity contribution is -0.130. The number of amides is 2. The standard InChI is InChI=1S/C12H20N2O2.C11H20N2.C11H22O.2C9H19NO.C9H20/c1-11(2,3)13-7-8(10(16)9(7)15)14-12(4,5)6;1-10(2,3)9-7-12-13(8-9)11(4,5)6;1-10(2,3)7-9(12)8-11(4,5)6;2*1-8(2,3)7(11)10-9(4,5)6;1-8(2,3)7-9(4,5)6/h13-14H,1-6H3;7-8H,1-6H3;7-8H2,1-6H3;2*1-6H3,(H,10,11);7H2,1-6H3. The number of carbonyl (C=O) groups excluding carboxylic acids is 3. The van der Waals surface area contributed by atoms with Gasteiger partial charge in [-0.1, -0.05) is 145 Å². The number of ketones is 1. The summed E-state index contributed by atoms with van der Waals surface area (Å²) in [5.74, 6) is 0.588. The molecule has 0 unspecified atom stereocenters. The van der Waals surface area contributed by atoms with E-state index in [0.717, 1.165) is 0 Å². The Labute approximate surface area is 445 Å². The van der Waals surface area contributed by atoms with Crippen LogP contribution in [0.2, 0.25) is 0 Å². The van der Waals surface area contributed by atoms with Gasteiger partial charge in [0.05, 0.1) is 11.7 Å². The molecule has 1 heterocycles. The quantitative estimate of drug-likeness (QED) is 0.221. The molecule has 0 fully saturated rings. The normalized spacial score (nSPS) is 13.2. The minimum Gasteiger partial charge on any atom is -0.375 e. The van der Waals surface area contributed by atoms with E-state index in [1.807, 2.05) is 136 Å². The van der Waals surface area contributed by atoms with E-state index in [0.29, 0.717) is 40.8 Å². The highest BCUT2D eigenvalue weighted by Crippen LogP contribution is 2.32. The molecule has 11 heteroatoms. The van der Waals surface area contributed by atoms with Crippen LogP contribution in [0.1, 0.15) is 274 Å². The van der Waals surface area contributed by atoms with E-state index in [-0.39, 0.29) is 66.6 Å². The summed E-state index contributed by atoms with van der Waals surface area (Å²) >= 11 is 0. The molecule has 0 radical (unpaired) electrons. The van der Waals surface area contributed by atoms with Crippen molar-refractivity contribution in [1.82, 2.24) is 20.4 Å². The van der Waals surface area contributed by atoms with E-state index < -0.39 is 10.9 Å². The van der Waals surface area contributed by atoms with Crippen molar-refractivity contribution in [2.75, 3.05) is 10.6 Å². The van der Waals surface area contributed by atoms with Gasteiger partial charge in [0.1, 0.15) is 17.2 Å². The zero-order chi connectivity index (χ0) is 59.3. The number of hydrogen-bond acceptors (Lipinski definition) is 8. The molecule has 2 aromatic rings. The van der Waals surface area contributed by atoms with Crippen LogP contribution in [0.4, 0.5) is 11.4 Å². The predicted molar refractivity (Wildman–Crippen MR) is 315 cm³/mol. The van der Waals surface area contributed by atoms with E-state index in [4.69, 9.17) is 0 Å². The zero-order valence-electron chi connectivity index (χ0n) is 54.2. The van der Waals surface area contributed by atoms with Crippen molar-refractivity contribution in [1.29, 1.82) is 0 Å². The minimum atomic E-state index is -0.429. The van der Waals surface area contributed by atoms with E-state index >= 15 is 0 Å². The number of Topliss-reactive ketones (excluding diaryl/α,β-unsaturated/α-hetero) is 1. The Bertz CT molecular complexity index is 1850. The zero-order valence-corrected chi connectivity index (χ0v) is 54.2. The summed E-state index contributed by atoms with van der Waals surface area (Å²) in [6, 6.07) is 0. The molecule has 1 aromatic heterocycles. The van der Waals surface area contributed by atoms with Gasteiger partial charge in [-0.3, -0.25) is 28.7 Å². The van der Waals surface area contributed by atoms with Crippen molar-refractivity contribution in [3.05, 3.63) is 38.4 Å². The van der Waals surface area contributed by atoms with Crippen molar-refractivity contribution in [2.24, 2.45) is 32.5 Å². The fourth-order valence-electron chi connectivity index (χ4n) is 6.35. The first-order valence-electron chi connectivity index (χ1n) is 26.4. The molecular formula is C61H120N6O5. The first-order valence-corrected chi connectivity index (χ1v) is 26.4. The Balaban J connectivity index is -0.000000389. The molecule has 11 nitrogen and oxygen atoms in total. The second kappa shape index (κ2) is 26.8. The number of nitrogens with zero attached hydrogens (tertiary/aromatic N) is 2. The molecule has 0 saturated heterocycles. The Hall–Kier alpha value is -3.50. The SMILES string of the molecule is CC(C)(C)CC(=O)CC(C)(C)C.CC(C)(C)CC(C)(C)C.CC(C)(C)NC(=O)C(C)(C)C.CC(C)(C)NC(=O)C(C)(C)C.CC(C)(C)Nc1c(NC(C)(C)C)c(=O)c1=O.CC(C)(C)c1cnn(C(C)(C)C)c1. The summed E-state index contributed by atoms with van der Waals surface area (Å²) in [7, 11) is 0. The Morgan fingerprint density at radius 2 is 0.708 bits per heavy atom. The van der Waals surface area contributed by atoms with Crippen LogP contribution < -0.4 is 32.1 Å². The summed E-state index contributed by atoms with van der Waals surface area (Å²) in [5, 5.41) is 16.3. The molecule has 424 valence electrons. The number of aromatic nitrogens is 2. The van der Waals surface area contributed by atoms with Crippen LogP contribution in [-0.2, 0) is 25.3 Å². The molecule has 0 aliphatic rings. The third kappa shape index (κ3) is 43.0. The van der Waals surface area contributed by atoms with Gasteiger partial charge in [0.25, 0.3) is 10.9 Å². The van der Waals surface area contributed by atoms with Crippen LogP contribution >= 0.6 is 0 Å². The Morgan fingerprint density at radius 1 is 0.431 bits per heavy atom. The van der Waals surface area contributed by atoms with Gasteiger partial charge in [-0.05, 0) is 143 Å². The molecule has 2 amide bonds. The lowest BCUT2D eigenvalue weighted by atomic mass is 9.78. The summed E-state index contributed by atoms with van der Waals surface area (Å²) in [4.78, 5) is 57.1. The molecule has 0 saturated carbocycles. The molecule has 0 aliphatic carbocycles. The Kier molecular flexibility index (Phi) is 27.9. The van der Waals surface area contributed by atoms with Crippen LogP contribution in [0.15, 0.2) is 22.0 Å². The van der Waals surface area contributed by atoms with Crippen LogP contribution in [-0.4, -0.2) is 49.5 Å². The van der Waals surface area contributed by atoms with Crippen molar-refractivity contribution < 1.29 is 14.4 Å². The maximum absolute atomic E-state index is 11.5. The van der Waals surface area contributed by atoms with Crippen molar-refractivity contribution >= 4 is 29.0 Å². The number of anilines is 2. The average Bonchev–Trinajstić information content (AvgIpc) is 3.54. The highest BCUT2D eigenvalue weighted by atomic mass is 16.2. The van der Waals surface area contributed by atoms with Crippen molar-refractivity contribution in [2.45, 2.75) is 302 Å². The average molecular weight is 1020 g/mol. The first kappa shape index (κ1) is 75.0. The molecule has 0 aliphatic heterocycles. The predicted octanol–water partition coefficient (Wildman–Crippen LogP) is 15.4. The summed E-state index contributed by atoms with van der Waals surface area (Å²) in [5.41, 5.74) is 1.53. The van der Waals surface area contributed by atoms with Gasteiger partial charge in [-0.25, -0.2) is 0 Å². The van der Waals surface area contributed by atoms with E-state index in [1.54, 1.807) is 0 Å². The Morgan fingerprint density at radius 3 is 0.833 bits per heavy atom. The third-order valence-corrected chi connectivity index (χ3v) is 8.90. The third-order valence-electron chi connectivity index (χ3n) is 8.90. The summed E-state index contributed by atoms with van der Waals surface area (Å²) < 4.78 is 2.02. The fourth-order valence-corrected chi connectivity index (χ4v) is 6.35. The van der Waals surface area contributed by atoms with Gasteiger partial charge in [0.2, 0.25) is 11.8 Å². The second-order valence-corrected chi connectivity index (χ2v) is 33.0. The molecule has 0 atom stereocenters. The van der Waals surface area contributed by atoms with E-state index in [1.165, 1.54) is 12.0 Å². The largest absolute Gasteiger partial charge is 0.375 e. The van der Waals surface area contributed by atoms with Crippen molar-refractivity contribution in [3.63, 3.8) is 0 Å². The van der Waals surface area contributed by atoms with Gasteiger partial charge in [0, 0.05) is 52.0 Å². The van der Waals surface area contributed by atoms with Gasteiger partial charge in [-0.2, -0.15) is 5.10 Å². The number of rotatable bonds is 4. The first-order chi connectivity index (χ1) is 30.8. The molecule has 0 bridgehead atoms. The van der Waals surface area contributed by atoms with Gasteiger partial charge < -0.3 is 21.3 Å². The number of hydrogen-bond donors (Lipinski definition) is 4. The number of carbonyl (C=O) groups is 3. The van der Waals surface area contributed by atoms with Gasteiger partial charge in [-0.15, -0.1) is 0 Å². The molecule has 72 heavy (non-hydrogen) atoms. The summed E-state index contributed by atoms with van der Waals surface area (Å²) in [6.07, 6.45) is 6.79. The molecule has 1 aromatic carbocycles. The second-order valence-electron chi connectivity index (χ2n) is 33.0. The maximum atomic E-state index is 11.5. The molecule has 2 rings (SSSR count). The molecule has 0 spiro atoms. The molecular weight excluding hydrogens is 897 g/mol. The summed E-state index contributed by atoms with van der Waals surface area (Å²) in [6.45, 7) is 74.5. The van der Waals surface area contributed by atoms with Crippen LogP contribution in [0.5, 0.6) is 0 Å². The van der Waals surface area contributed by atoms with Crippen molar-refractivity contribution in [3.8, 4) is 0 Å². The minimum absolute atomic E-state index is 0.0868. The maximum Gasteiger partial charge on any atom is 0.253 e. The van der Waals surface area contributed by atoms with E-state index in [2.05, 4.69) is 157 Å².